The van der Waals surface area contributed by atoms with E-state index in [4.69, 9.17) is 23.2 Å². The zero-order valence-corrected chi connectivity index (χ0v) is 15.2. The number of carbonyl (C=O) groups excluding carboxylic acids is 2. The number of hydrogen-bond donors (Lipinski definition) is 1. The molecule has 0 bridgehead atoms. The molecule has 1 aliphatic rings. The minimum Gasteiger partial charge on any atom is -0.335 e. The third-order valence-corrected chi connectivity index (χ3v) is 5.20. The van der Waals surface area contributed by atoms with Crippen molar-refractivity contribution in [2.24, 2.45) is 5.92 Å². The first-order valence-corrected chi connectivity index (χ1v) is 8.81. The van der Waals surface area contributed by atoms with Crippen LogP contribution in [-0.4, -0.2) is 23.3 Å². The molecule has 0 aliphatic carbocycles. The van der Waals surface area contributed by atoms with E-state index in [2.05, 4.69) is 5.32 Å². The van der Waals surface area contributed by atoms with Gasteiger partial charge in [0.1, 0.15) is 0 Å². The topological polar surface area (TPSA) is 49.4 Å². The monoisotopic (exact) mass is 376 g/mol. The Hall–Kier alpha value is -2.04. The van der Waals surface area contributed by atoms with Gasteiger partial charge in [0, 0.05) is 18.7 Å². The summed E-state index contributed by atoms with van der Waals surface area (Å²) in [5.41, 5.74) is 1.63. The third kappa shape index (κ3) is 3.97. The fourth-order valence-electron chi connectivity index (χ4n) is 3.01. The van der Waals surface area contributed by atoms with E-state index in [1.165, 1.54) is 0 Å². The quantitative estimate of drug-likeness (QED) is 0.851. The van der Waals surface area contributed by atoms with E-state index in [-0.39, 0.29) is 30.2 Å². The van der Waals surface area contributed by atoms with Crippen molar-refractivity contribution in [1.82, 2.24) is 4.90 Å². The standard InChI is InChI=1S/C19H18Cl2N2O2/c1-12(13-5-3-2-4-6-13)23-11-14(9-18(23)24)19(25)22-15-7-8-16(20)17(21)10-15/h2-8,10,12,14H,9,11H2,1H3,(H,22,25)/t12-,14-/m1/s1. The average Bonchev–Trinajstić information content (AvgIpc) is 3.00. The smallest absolute Gasteiger partial charge is 0.229 e. The zero-order chi connectivity index (χ0) is 18.0. The van der Waals surface area contributed by atoms with Crippen LogP contribution in [-0.2, 0) is 9.59 Å². The molecule has 0 saturated carbocycles. The van der Waals surface area contributed by atoms with E-state index in [1.807, 2.05) is 37.3 Å². The maximum Gasteiger partial charge on any atom is 0.229 e. The number of rotatable bonds is 4. The first-order valence-electron chi connectivity index (χ1n) is 8.06. The molecule has 3 rings (SSSR count). The van der Waals surface area contributed by atoms with E-state index in [0.29, 0.717) is 22.3 Å². The van der Waals surface area contributed by atoms with Crippen LogP contribution in [0.3, 0.4) is 0 Å². The molecule has 1 heterocycles. The summed E-state index contributed by atoms with van der Waals surface area (Å²) in [5, 5.41) is 3.62. The van der Waals surface area contributed by atoms with Crippen LogP contribution in [0.1, 0.15) is 24.9 Å². The number of hydrogen-bond acceptors (Lipinski definition) is 2. The van der Waals surface area contributed by atoms with Crippen molar-refractivity contribution in [1.29, 1.82) is 0 Å². The summed E-state index contributed by atoms with van der Waals surface area (Å²) in [5.74, 6) is -0.576. The summed E-state index contributed by atoms with van der Waals surface area (Å²) in [6.07, 6.45) is 0.213. The van der Waals surface area contributed by atoms with E-state index in [1.54, 1.807) is 23.1 Å². The highest BCUT2D eigenvalue weighted by atomic mass is 35.5. The van der Waals surface area contributed by atoms with Gasteiger partial charge in [0.15, 0.2) is 0 Å². The Morgan fingerprint density at radius 3 is 2.56 bits per heavy atom. The van der Waals surface area contributed by atoms with Crippen LogP contribution in [0.25, 0.3) is 0 Å². The lowest BCUT2D eigenvalue weighted by atomic mass is 10.1. The number of nitrogens with one attached hydrogen (secondary N) is 1. The van der Waals surface area contributed by atoms with Crippen LogP contribution in [0.2, 0.25) is 10.0 Å². The van der Waals surface area contributed by atoms with Crippen LogP contribution >= 0.6 is 23.2 Å². The number of halogens is 2. The molecule has 0 unspecified atom stereocenters. The van der Waals surface area contributed by atoms with E-state index in [0.717, 1.165) is 5.56 Å². The maximum absolute atomic E-state index is 12.5. The number of benzene rings is 2. The van der Waals surface area contributed by atoms with Crippen molar-refractivity contribution in [3.63, 3.8) is 0 Å². The van der Waals surface area contributed by atoms with Crippen LogP contribution in [0.4, 0.5) is 5.69 Å². The second-order valence-corrected chi connectivity index (χ2v) is 6.97. The van der Waals surface area contributed by atoms with Gasteiger partial charge in [-0.3, -0.25) is 9.59 Å². The van der Waals surface area contributed by atoms with Gasteiger partial charge in [0.05, 0.1) is 22.0 Å². The van der Waals surface area contributed by atoms with E-state index < -0.39 is 0 Å². The molecule has 2 aromatic rings. The van der Waals surface area contributed by atoms with Gasteiger partial charge in [-0.2, -0.15) is 0 Å². The molecular weight excluding hydrogens is 359 g/mol. The first-order chi connectivity index (χ1) is 12.0. The SMILES string of the molecule is C[C@H](c1ccccc1)N1C[C@H](C(=O)Nc2ccc(Cl)c(Cl)c2)CC1=O. The Balaban J connectivity index is 1.67. The van der Waals surface area contributed by atoms with Crippen molar-refractivity contribution in [3.8, 4) is 0 Å². The molecule has 0 aromatic heterocycles. The van der Waals surface area contributed by atoms with Gasteiger partial charge in [-0.1, -0.05) is 53.5 Å². The molecule has 6 heteroatoms. The molecule has 25 heavy (non-hydrogen) atoms. The van der Waals surface area contributed by atoms with Gasteiger partial charge >= 0.3 is 0 Å². The predicted octanol–water partition coefficient (Wildman–Crippen LogP) is 4.54. The molecule has 2 atom stereocenters. The molecule has 0 radical (unpaired) electrons. The van der Waals surface area contributed by atoms with Crippen molar-refractivity contribution >= 4 is 40.7 Å². The van der Waals surface area contributed by atoms with Crippen molar-refractivity contribution in [2.45, 2.75) is 19.4 Å². The van der Waals surface area contributed by atoms with E-state index in [9.17, 15) is 9.59 Å². The molecule has 1 fully saturated rings. The number of amides is 2. The lowest BCUT2D eigenvalue weighted by Crippen LogP contribution is -2.30. The van der Waals surface area contributed by atoms with Crippen LogP contribution < -0.4 is 5.32 Å². The Kier molecular flexibility index (Phi) is 5.30. The summed E-state index contributed by atoms with van der Waals surface area (Å²) in [6, 6.07) is 14.7. The molecule has 2 amide bonds. The summed E-state index contributed by atoms with van der Waals surface area (Å²) < 4.78 is 0. The number of anilines is 1. The number of nitrogens with zero attached hydrogens (tertiary/aromatic N) is 1. The highest BCUT2D eigenvalue weighted by Gasteiger charge is 2.37. The Morgan fingerprint density at radius 2 is 1.88 bits per heavy atom. The normalized spacial score (nSPS) is 18.3. The van der Waals surface area contributed by atoms with Gasteiger partial charge in [-0.05, 0) is 30.7 Å². The maximum atomic E-state index is 12.5. The fourth-order valence-corrected chi connectivity index (χ4v) is 3.31. The van der Waals surface area contributed by atoms with Gasteiger partial charge in [-0.25, -0.2) is 0 Å². The average molecular weight is 377 g/mol. The fraction of sp³-hybridized carbons (Fsp3) is 0.263. The number of carbonyl (C=O) groups is 2. The molecule has 1 saturated heterocycles. The molecular formula is C19H18Cl2N2O2. The molecule has 2 aromatic carbocycles. The van der Waals surface area contributed by atoms with Crippen LogP contribution in [0.5, 0.6) is 0 Å². The molecule has 0 spiro atoms. The van der Waals surface area contributed by atoms with E-state index >= 15 is 0 Å². The lowest BCUT2D eigenvalue weighted by Gasteiger charge is -2.25. The minimum atomic E-state index is -0.381. The van der Waals surface area contributed by atoms with Crippen LogP contribution in [0, 0.1) is 5.92 Å². The number of likely N-dealkylation sites (tertiary alicyclic amines) is 1. The highest BCUT2D eigenvalue weighted by Crippen LogP contribution is 2.30. The summed E-state index contributed by atoms with van der Waals surface area (Å²) in [6.45, 7) is 2.38. The van der Waals surface area contributed by atoms with Gasteiger partial charge in [0.2, 0.25) is 11.8 Å². The Morgan fingerprint density at radius 1 is 1.16 bits per heavy atom. The van der Waals surface area contributed by atoms with Gasteiger partial charge in [0.25, 0.3) is 0 Å². The van der Waals surface area contributed by atoms with Crippen molar-refractivity contribution in [2.75, 3.05) is 11.9 Å². The molecule has 130 valence electrons. The largest absolute Gasteiger partial charge is 0.335 e. The predicted molar refractivity (Wildman–Crippen MR) is 99.8 cm³/mol. The van der Waals surface area contributed by atoms with Crippen LogP contribution in [0.15, 0.2) is 48.5 Å². The summed E-state index contributed by atoms with van der Waals surface area (Å²) in [4.78, 5) is 26.6. The van der Waals surface area contributed by atoms with Crippen molar-refractivity contribution < 1.29 is 9.59 Å². The molecule has 1 aliphatic heterocycles. The Bertz CT molecular complexity index is 795. The third-order valence-electron chi connectivity index (χ3n) is 4.47. The highest BCUT2D eigenvalue weighted by molar-refractivity contribution is 6.42. The summed E-state index contributed by atoms with van der Waals surface area (Å²) >= 11 is 11.8. The second kappa shape index (κ2) is 7.46. The van der Waals surface area contributed by atoms with Gasteiger partial charge in [-0.15, -0.1) is 0 Å². The lowest BCUT2D eigenvalue weighted by molar-refractivity contribution is -0.129. The zero-order valence-electron chi connectivity index (χ0n) is 13.7. The minimum absolute atomic E-state index is 0.00867. The van der Waals surface area contributed by atoms with Crippen molar-refractivity contribution in [3.05, 3.63) is 64.1 Å². The van der Waals surface area contributed by atoms with Gasteiger partial charge < -0.3 is 10.2 Å². The Labute approximate surface area is 156 Å². The second-order valence-electron chi connectivity index (χ2n) is 6.15. The molecule has 4 nitrogen and oxygen atoms in total. The summed E-state index contributed by atoms with van der Waals surface area (Å²) in [7, 11) is 0. The first kappa shape index (κ1) is 17.8. The molecule has 1 N–H and O–H groups in total.